The summed E-state index contributed by atoms with van der Waals surface area (Å²) < 4.78 is 5.37. The third-order valence-electron chi connectivity index (χ3n) is 4.55. The molecular formula is C16H18O3. The van der Waals surface area contributed by atoms with Crippen molar-refractivity contribution in [3.05, 3.63) is 47.7 Å². The van der Waals surface area contributed by atoms with Gasteiger partial charge in [-0.25, -0.2) is 0 Å². The number of benzene rings is 1. The van der Waals surface area contributed by atoms with Gasteiger partial charge < -0.3 is 9.84 Å². The van der Waals surface area contributed by atoms with Crippen LogP contribution in [0.1, 0.15) is 24.8 Å². The average molecular weight is 258 g/mol. The third kappa shape index (κ3) is 1.72. The Balaban J connectivity index is 2.05. The van der Waals surface area contributed by atoms with Crippen molar-refractivity contribution in [3.63, 3.8) is 0 Å². The predicted octanol–water partition coefficient (Wildman–Crippen LogP) is 2.27. The molecule has 1 fully saturated rings. The van der Waals surface area contributed by atoms with Crippen molar-refractivity contribution in [2.24, 2.45) is 11.8 Å². The molecule has 0 radical (unpaired) electrons. The maximum absolute atomic E-state index is 12.5. The fourth-order valence-electron chi connectivity index (χ4n) is 3.40. The summed E-state index contributed by atoms with van der Waals surface area (Å²) in [6.07, 6.45) is 2.71. The molecule has 0 amide bonds. The molecule has 3 nitrogen and oxygen atoms in total. The second-order valence-electron chi connectivity index (χ2n) is 5.62. The lowest BCUT2D eigenvalue weighted by atomic mass is 9.59. The van der Waals surface area contributed by atoms with Crippen LogP contribution in [0.5, 0.6) is 0 Å². The Kier molecular flexibility index (Phi) is 2.75. The summed E-state index contributed by atoms with van der Waals surface area (Å²) in [5.41, 5.74) is -0.109. The van der Waals surface area contributed by atoms with Gasteiger partial charge >= 0.3 is 0 Å². The van der Waals surface area contributed by atoms with Crippen molar-refractivity contribution in [1.82, 2.24) is 0 Å². The summed E-state index contributed by atoms with van der Waals surface area (Å²) in [5.74, 6) is 0.190. The number of carbonyl (C=O) groups excluding carboxylic acids is 1. The Morgan fingerprint density at radius 1 is 1.32 bits per heavy atom. The van der Waals surface area contributed by atoms with Gasteiger partial charge in [-0.15, -0.1) is 0 Å². The van der Waals surface area contributed by atoms with Gasteiger partial charge in [0.1, 0.15) is 11.4 Å². The summed E-state index contributed by atoms with van der Waals surface area (Å²) in [4.78, 5) is 12.5. The summed E-state index contributed by atoms with van der Waals surface area (Å²) in [6, 6.07) is 10.0. The van der Waals surface area contributed by atoms with E-state index in [1.54, 1.807) is 14.0 Å². The van der Waals surface area contributed by atoms with Gasteiger partial charge in [-0.3, -0.25) is 4.79 Å². The summed E-state index contributed by atoms with van der Waals surface area (Å²) >= 11 is 0. The third-order valence-corrected chi connectivity index (χ3v) is 4.55. The molecule has 1 saturated carbocycles. The van der Waals surface area contributed by atoms with E-state index in [9.17, 15) is 9.90 Å². The second-order valence-corrected chi connectivity index (χ2v) is 5.62. The van der Waals surface area contributed by atoms with Crippen LogP contribution >= 0.6 is 0 Å². The van der Waals surface area contributed by atoms with Crippen molar-refractivity contribution in [2.75, 3.05) is 7.11 Å². The fourth-order valence-corrected chi connectivity index (χ4v) is 3.40. The molecule has 1 N–H and O–H groups in total. The Morgan fingerprint density at radius 2 is 2.00 bits per heavy atom. The van der Waals surface area contributed by atoms with E-state index in [0.29, 0.717) is 5.76 Å². The number of ether oxygens (including phenoxy) is 1. The number of hydrogen-bond donors (Lipinski definition) is 1. The molecule has 19 heavy (non-hydrogen) atoms. The van der Waals surface area contributed by atoms with Gasteiger partial charge in [0.25, 0.3) is 0 Å². The van der Waals surface area contributed by atoms with E-state index in [2.05, 4.69) is 0 Å². The monoisotopic (exact) mass is 258 g/mol. The van der Waals surface area contributed by atoms with Crippen LogP contribution in [0.2, 0.25) is 0 Å². The van der Waals surface area contributed by atoms with E-state index >= 15 is 0 Å². The van der Waals surface area contributed by atoms with Crippen molar-refractivity contribution in [2.45, 2.75) is 24.9 Å². The SMILES string of the molecule is COC1=CC2CC(c3ccccc3)C1C(=O)C2(C)O. The summed E-state index contributed by atoms with van der Waals surface area (Å²) in [6.45, 7) is 1.62. The lowest BCUT2D eigenvalue weighted by Crippen LogP contribution is -2.55. The number of aliphatic hydroxyl groups is 1. The predicted molar refractivity (Wildman–Crippen MR) is 71.5 cm³/mol. The fraction of sp³-hybridized carbons (Fsp3) is 0.438. The molecule has 4 atom stereocenters. The van der Waals surface area contributed by atoms with E-state index in [0.717, 1.165) is 12.0 Å². The molecule has 3 aliphatic carbocycles. The Morgan fingerprint density at radius 3 is 2.58 bits per heavy atom. The van der Waals surface area contributed by atoms with Crippen molar-refractivity contribution in [1.29, 1.82) is 0 Å². The molecule has 4 rings (SSSR count). The molecule has 3 heteroatoms. The van der Waals surface area contributed by atoms with Gasteiger partial charge in [0, 0.05) is 11.8 Å². The number of allylic oxidation sites excluding steroid dienone is 1. The highest BCUT2D eigenvalue weighted by Gasteiger charge is 2.55. The van der Waals surface area contributed by atoms with Crippen LogP contribution in [-0.2, 0) is 9.53 Å². The van der Waals surface area contributed by atoms with E-state index in [1.165, 1.54) is 0 Å². The average Bonchev–Trinajstić information content (AvgIpc) is 2.44. The first kappa shape index (κ1) is 12.4. The molecule has 100 valence electrons. The van der Waals surface area contributed by atoms with Crippen LogP contribution in [0.3, 0.4) is 0 Å². The molecule has 4 unspecified atom stereocenters. The van der Waals surface area contributed by atoms with E-state index in [1.807, 2.05) is 36.4 Å². The Labute approximate surface area is 112 Å². The van der Waals surface area contributed by atoms with Crippen LogP contribution in [0.25, 0.3) is 0 Å². The van der Waals surface area contributed by atoms with Crippen LogP contribution < -0.4 is 0 Å². The quantitative estimate of drug-likeness (QED) is 0.885. The molecule has 1 aromatic carbocycles. The van der Waals surface area contributed by atoms with Gasteiger partial charge in [-0.1, -0.05) is 30.3 Å². The number of carbonyl (C=O) groups is 1. The first-order valence-corrected chi connectivity index (χ1v) is 6.63. The van der Waals surface area contributed by atoms with Gasteiger partial charge in [0.2, 0.25) is 0 Å². The maximum atomic E-state index is 12.5. The van der Waals surface area contributed by atoms with Crippen LogP contribution in [0, 0.1) is 11.8 Å². The number of fused-ring (bicyclic) bond motifs is 2. The molecule has 0 spiro atoms. The molecule has 0 aromatic heterocycles. The molecular weight excluding hydrogens is 240 g/mol. The Hall–Kier alpha value is -1.61. The smallest absolute Gasteiger partial charge is 0.175 e. The van der Waals surface area contributed by atoms with Gasteiger partial charge in [0.15, 0.2) is 5.78 Å². The lowest BCUT2D eigenvalue weighted by molar-refractivity contribution is -0.152. The lowest BCUT2D eigenvalue weighted by Gasteiger charge is -2.47. The Bertz CT molecular complexity index is 530. The molecule has 0 saturated heterocycles. The van der Waals surface area contributed by atoms with Crippen molar-refractivity contribution >= 4 is 5.78 Å². The van der Waals surface area contributed by atoms with Gasteiger partial charge in [-0.2, -0.15) is 0 Å². The summed E-state index contributed by atoms with van der Waals surface area (Å²) in [5, 5.41) is 10.4. The standard InChI is InChI=1S/C16H18O3/c1-16(18)11-8-12(10-6-4-3-5-7-10)14(15(16)17)13(9-11)19-2/h3-7,9,11-12,14,18H,8H2,1-2H3. The molecule has 2 bridgehead atoms. The van der Waals surface area contributed by atoms with Crippen LogP contribution in [0.15, 0.2) is 42.2 Å². The minimum atomic E-state index is -1.25. The first-order valence-electron chi connectivity index (χ1n) is 6.63. The van der Waals surface area contributed by atoms with Crippen molar-refractivity contribution < 1.29 is 14.6 Å². The largest absolute Gasteiger partial charge is 0.501 e. The zero-order chi connectivity index (χ0) is 13.6. The second kappa shape index (κ2) is 4.20. The minimum absolute atomic E-state index is 0.110. The number of rotatable bonds is 2. The van der Waals surface area contributed by atoms with E-state index in [-0.39, 0.29) is 23.5 Å². The van der Waals surface area contributed by atoms with Gasteiger partial charge in [0.05, 0.1) is 13.0 Å². The van der Waals surface area contributed by atoms with Crippen LogP contribution in [-0.4, -0.2) is 23.6 Å². The highest BCUT2D eigenvalue weighted by atomic mass is 16.5. The summed E-state index contributed by atoms with van der Waals surface area (Å²) in [7, 11) is 1.59. The maximum Gasteiger partial charge on any atom is 0.175 e. The molecule has 3 aliphatic rings. The van der Waals surface area contributed by atoms with Gasteiger partial charge in [-0.05, 0) is 25.0 Å². The highest BCUT2D eigenvalue weighted by Crippen LogP contribution is 2.51. The number of Topliss-reactive ketones (excluding diaryl/α,β-unsaturated/α-hetero) is 1. The first-order chi connectivity index (χ1) is 9.05. The minimum Gasteiger partial charge on any atom is -0.501 e. The van der Waals surface area contributed by atoms with Crippen LogP contribution in [0.4, 0.5) is 0 Å². The highest BCUT2D eigenvalue weighted by molar-refractivity contribution is 5.94. The molecule has 1 aromatic rings. The number of methoxy groups -OCH3 is 1. The number of ketones is 1. The topological polar surface area (TPSA) is 46.5 Å². The van der Waals surface area contributed by atoms with E-state index < -0.39 is 5.60 Å². The molecule has 0 heterocycles. The van der Waals surface area contributed by atoms with Crippen molar-refractivity contribution in [3.8, 4) is 0 Å². The van der Waals surface area contributed by atoms with E-state index in [4.69, 9.17) is 4.74 Å². The zero-order valence-electron chi connectivity index (χ0n) is 11.2. The normalized spacial score (nSPS) is 37.1. The molecule has 0 aliphatic heterocycles. The zero-order valence-corrected chi connectivity index (χ0v) is 11.2. The number of hydrogen-bond acceptors (Lipinski definition) is 3.